The number of rotatable bonds is 4. The van der Waals surface area contributed by atoms with E-state index in [9.17, 15) is 9.59 Å². The SMILES string of the molecule is O=C(OCCN1CCCC1=O)C1CCNC1. The molecule has 2 aliphatic heterocycles. The number of nitrogens with zero attached hydrogens (tertiary/aromatic N) is 1. The van der Waals surface area contributed by atoms with Gasteiger partial charge in [0, 0.05) is 19.5 Å². The van der Waals surface area contributed by atoms with Crippen LogP contribution in [0.1, 0.15) is 19.3 Å². The first-order chi connectivity index (χ1) is 7.77. The summed E-state index contributed by atoms with van der Waals surface area (Å²) in [7, 11) is 0. The van der Waals surface area contributed by atoms with Crippen molar-refractivity contribution in [1.82, 2.24) is 10.2 Å². The second-order valence-corrected chi connectivity index (χ2v) is 4.34. The predicted molar refractivity (Wildman–Crippen MR) is 57.7 cm³/mol. The third-order valence-electron chi connectivity index (χ3n) is 3.17. The molecule has 1 N–H and O–H groups in total. The van der Waals surface area contributed by atoms with Gasteiger partial charge in [-0.2, -0.15) is 0 Å². The number of nitrogens with one attached hydrogen (secondary N) is 1. The minimum atomic E-state index is -0.128. The van der Waals surface area contributed by atoms with Crippen molar-refractivity contribution in [3.63, 3.8) is 0 Å². The zero-order valence-electron chi connectivity index (χ0n) is 9.41. The average molecular weight is 226 g/mol. The van der Waals surface area contributed by atoms with Crippen LogP contribution in [0.2, 0.25) is 0 Å². The molecular weight excluding hydrogens is 208 g/mol. The van der Waals surface area contributed by atoms with Crippen LogP contribution >= 0.6 is 0 Å². The van der Waals surface area contributed by atoms with E-state index in [1.54, 1.807) is 4.90 Å². The van der Waals surface area contributed by atoms with Crippen LogP contribution in [-0.4, -0.2) is 49.6 Å². The molecule has 90 valence electrons. The molecule has 0 spiro atoms. The first-order valence-electron chi connectivity index (χ1n) is 5.92. The maximum Gasteiger partial charge on any atom is 0.310 e. The number of hydrogen-bond acceptors (Lipinski definition) is 4. The number of carbonyl (C=O) groups excluding carboxylic acids is 2. The summed E-state index contributed by atoms with van der Waals surface area (Å²) in [5, 5.41) is 3.13. The minimum Gasteiger partial charge on any atom is -0.464 e. The van der Waals surface area contributed by atoms with Gasteiger partial charge < -0.3 is 15.0 Å². The van der Waals surface area contributed by atoms with Crippen LogP contribution in [0, 0.1) is 5.92 Å². The number of hydrogen-bond donors (Lipinski definition) is 1. The molecule has 1 atom stereocenters. The molecule has 2 heterocycles. The van der Waals surface area contributed by atoms with Gasteiger partial charge in [0.05, 0.1) is 12.5 Å². The normalized spacial score (nSPS) is 25.1. The van der Waals surface area contributed by atoms with Crippen LogP contribution in [0.4, 0.5) is 0 Å². The standard InChI is InChI=1S/C11H18N2O3/c14-10-2-1-5-13(10)6-7-16-11(15)9-3-4-12-8-9/h9,12H,1-8H2. The largest absolute Gasteiger partial charge is 0.464 e. The van der Waals surface area contributed by atoms with Crippen molar-refractivity contribution in [1.29, 1.82) is 0 Å². The summed E-state index contributed by atoms with van der Waals surface area (Å²) < 4.78 is 5.16. The Labute approximate surface area is 95.1 Å². The Balaban J connectivity index is 1.63. The zero-order valence-corrected chi connectivity index (χ0v) is 9.41. The second-order valence-electron chi connectivity index (χ2n) is 4.34. The molecule has 2 fully saturated rings. The topological polar surface area (TPSA) is 58.6 Å². The van der Waals surface area contributed by atoms with Crippen molar-refractivity contribution in [3.05, 3.63) is 0 Å². The van der Waals surface area contributed by atoms with Crippen LogP contribution in [0.15, 0.2) is 0 Å². The van der Waals surface area contributed by atoms with Gasteiger partial charge in [-0.25, -0.2) is 0 Å². The van der Waals surface area contributed by atoms with E-state index in [2.05, 4.69) is 5.32 Å². The summed E-state index contributed by atoms with van der Waals surface area (Å²) in [6, 6.07) is 0. The summed E-state index contributed by atoms with van der Waals surface area (Å²) in [5.74, 6) is 0.0597. The molecule has 0 aliphatic carbocycles. The number of ether oxygens (including phenoxy) is 1. The quantitative estimate of drug-likeness (QED) is 0.672. The Morgan fingerprint density at radius 3 is 3.06 bits per heavy atom. The molecule has 0 aromatic carbocycles. The number of carbonyl (C=O) groups is 2. The van der Waals surface area contributed by atoms with Crippen molar-refractivity contribution in [2.45, 2.75) is 19.3 Å². The molecule has 2 rings (SSSR count). The van der Waals surface area contributed by atoms with Crippen molar-refractivity contribution < 1.29 is 14.3 Å². The molecule has 2 aliphatic rings. The zero-order chi connectivity index (χ0) is 11.4. The van der Waals surface area contributed by atoms with E-state index in [0.29, 0.717) is 19.6 Å². The van der Waals surface area contributed by atoms with Crippen molar-refractivity contribution >= 4 is 11.9 Å². The lowest BCUT2D eigenvalue weighted by molar-refractivity contribution is -0.149. The Morgan fingerprint density at radius 1 is 1.56 bits per heavy atom. The lowest BCUT2D eigenvalue weighted by atomic mass is 10.1. The highest BCUT2D eigenvalue weighted by Crippen LogP contribution is 2.11. The Hall–Kier alpha value is -1.10. The fourth-order valence-electron chi connectivity index (χ4n) is 2.17. The van der Waals surface area contributed by atoms with Crippen LogP contribution < -0.4 is 5.32 Å². The summed E-state index contributed by atoms with van der Waals surface area (Å²) >= 11 is 0. The number of amides is 1. The number of esters is 1. The monoisotopic (exact) mass is 226 g/mol. The van der Waals surface area contributed by atoms with Crippen LogP contribution in [0.5, 0.6) is 0 Å². The first-order valence-corrected chi connectivity index (χ1v) is 5.92. The van der Waals surface area contributed by atoms with Gasteiger partial charge in [-0.3, -0.25) is 9.59 Å². The van der Waals surface area contributed by atoms with Crippen LogP contribution in [0.25, 0.3) is 0 Å². The van der Waals surface area contributed by atoms with Gasteiger partial charge in [-0.15, -0.1) is 0 Å². The van der Waals surface area contributed by atoms with E-state index in [1.165, 1.54) is 0 Å². The number of likely N-dealkylation sites (tertiary alicyclic amines) is 1. The van der Waals surface area contributed by atoms with Gasteiger partial charge in [-0.1, -0.05) is 0 Å². The summed E-state index contributed by atoms with van der Waals surface area (Å²) in [6.07, 6.45) is 2.43. The van der Waals surface area contributed by atoms with Gasteiger partial charge in [-0.05, 0) is 19.4 Å². The smallest absolute Gasteiger partial charge is 0.310 e. The Morgan fingerprint density at radius 2 is 2.44 bits per heavy atom. The van der Waals surface area contributed by atoms with E-state index in [0.717, 1.165) is 32.5 Å². The van der Waals surface area contributed by atoms with E-state index < -0.39 is 0 Å². The first kappa shape index (κ1) is 11.4. The maximum atomic E-state index is 11.5. The molecule has 0 aromatic rings. The molecule has 1 amide bonds. The molecule has 5 heteroatoms. The van der Waals surface area contributed by atoms with Gasteiger partial charge in [0.25, 0.3) is 0 Å². The minimum absolute atomic E-state index is 0.00859. The molecule has 2 saturated heterocycles. The van der Waals surface area contributed by atoms with E-state index >= 15 is 0 Å². The lowest BCUT2D eigenvalue weighted by Gasteiger charge is -2.16. The summed E-state index contributed by atoms with van der Waals surface area (Å²) in [4.78, 5) is 24.6. The predicted octanol–water partition coefficient (Wildman–Crippen LogP) is -0.238. The third kappa shape index (κ3) is 2.72. The third-order valence-corrected chi connectivity index (χ3v) is 3.17. The van der Waals surface area contributed by atoms with E-state index in [4.69, 9.17) is 4.74 Å². The fourth-order valence-corrected chi connectivity index (χ4v) is 2.17. The molecule has 16 heavy (non-hydrogen) atoms. The Kier molecular flexibility index (Phi) is 3.77. The van der Waals surface area contributed by atoms with Crippen LogP contribution in [0.3, 0.4) is 0 Å². The molecule has 0 radical (unpaired) electrons. The Bertz CT molecular complexity index is 274. The van der Waals surface area contributed by atoms with E-state index in [1.807, 2.05) is 0 Å². The highest BCUT2D eigenvalue weighted by Gasteiger charge is 2.24. The fraction of sp³-hybridized carbons (Fsp3) is 0.818. The van der Waals surface area contributed by atoms with E-state index in [-0.39, 0.29) is 17.8 Å². The highest BCUT2D eigenvalue weighted by molar-refractivity contribution is 5.78. The second kappa shape index (κ2) is 5.30. The van der Waals surface area contributed by atoms with Crippen LogP contribution in [-0.2, 0) is 14.3 Å². The van der Waals surface area contributed by atoms with Crippen molar-refractivity contribution in [3.8, 4) is 0 Å². The van der Waals surface area contributed by atoms with Crippen molar-refractivity contribution in [2.75, 3.05) is 32.8 Å². The highest BCUT2D eigenvalue weighted by atomic mass is 16.5. The maximum absolute atomic E-state index is 11.5. The summed E-state index contributed by atoms with van der Waals surface area (Å²) in [6.45, 7) is 3.30. The lowest BCUT2D eigenvalue weighted by Crippen LogP contribution is -2.30. The van der Waals surface area contributed by atoms with Crippen molar-refractivity contribution in [2.24, 2.45) is 5.92 Å². The molecule has 0 bridgehead atoms. The average Bonchev–Trinajstić information content (AvgIpc) is 2.90. The molecule has 0 aromatic heterocycles. The molecular formula is C11H18N2O3. The molecule has 5 nitrogen and oxygen atoms in total. The molecule has 1 unspecified atom stereocenters. The van der Waals surface area contributed by atoms with Gasteiger partial charge >= 0.3 is 5.97 Å². The van der Waals surface area contributed by atoms with Gasteiger partial charge in [0.2, 0.25) is 5.91 Å². The van der Waals surface area contributed by atoms with Gasteiger partial charge in [0.15, 0.2) is 0 Å². The molecule has 0 saturated carbocycles. The summed E-state index contributed by atoms with van der Waals surface area (Å²) in [5.41, 5.74) is 0. The van der Waals surface area contributed by atoms with Gasteiger partial charge in [0.1, 0.15) is 6.61 Å².